The zero-order chi connectivity index (χ0) is 17.7. The lowest BCUT2D eigenvalue weighted by Crippen LogP contribution is -2.32. The fourth-order valence-electron chi connectivity index (χ4n) is 3.65. The fourth-order valence-corrected chi connectivity index (χ4v) is 5.00. The molecular weight excluding hydrogens is 334 g/mol. The molecule has 1 heterocycles. The highest BCUT2D eigenvalue weighted by atomic mass is 32.2. The summed E-state index contributed by atoms with van der Waals surface area (Å²) in [5, 5.41) is 0. The first kappa shape index (κ1) is 16.2. The molecule has 25 heavy (non-hydrogen) atoms. The van der Waals surface area contributed by atoms with E-state index in [1.165, 1.54) is 9.87 Å². The van der Waals surface area contributed by atoms with Crippen LogP contribution in [-0.4, -0.2) is 26.4 Å². The number of nitrogens with zero attached hydrogens (tertiary/aromatic N) is 1. The summed E-state index contributed by atoms with van der Waals surface area (Å²) in [6.07, 6.45) is 4.77. The van der Waals surface area contributed by atoms with Gasteiger partial charge in [0.25, 0.3) is 10.0 Å². The van der Waals surface area contributed by atoms with E-state index in [1.54, 1.807) is 25.4 Å². The molecule has 0 bridgehead atoms. The van der Waals surface area contributed by atoms with Gasteiger partial charge in [0.15, 0.2) is 0 Å². The lowest BCUT2D eigenvalue weighted by atomic mass is 9.92. The third kappa shape index (κ3) is 2.63. The smallest absolute Gasteiger partial charge is 0.263 e. The first-order chi connectivity index (χ1) is 12.0. The number of ether oxygens (including phenoxy) is 1. The van der Waals surface area contributed by atoms with Crippen LogP contribution in [0.5, 0.6) is 5.75 Å². The minimum absolute atomic E-state index is 0.0223. The van der Waals surface area contributed by atoms with Crippen LogP contribution < -0.4 is 4.74 Å². The van der Waals surface area contributed by atoms with Crippen molar-refractivity contribution in [1.29, 1.82) is 0 Å². The number of methoxy groups -OCH3 is 1. The Labute approximate surface area is 148 Å². The molecule has 0 amide bonds. The summed E-state index contributed by atoms with van der Waals surface area (Å²) in [7, 11) is -1.82. The number of fused-ring (bicyclic) bond motifs is 1. The zero-order valence-corrected chi connectivity index (χ0v) is 15.2. The highest BCUT2D eigenvalue weighted by molar-refractivity contribution is 7.89. The topological polar surface area (TPSA) is 46.6 Å². The molecule has 0 unspecified atom stereocenters. The summed E-state index contributed by atoms with van der Waals surface area (Å²) in [5.74, 6) is 1.16. The van der Waals surface area contributed by atoms with Crippen molar-refractivity contribution in [3.63, 3.8) is 0 Å². The van der Waals surface area contributed by atoms with Gasteiger partial charge in [-0.05, 0) is 49.1 Å². The molecule has 0 aromatic heterocycles. The van der Waals surface area contributed by atoms with Crippen LogP contribution in [0, 0.1) is 12.8 Å². The SMILES string of the molecule is COc1ccc([C@]23C=CN(S(=O)(=O)c4ccc(C)cc4)C[C@H]2C3)cc1. The number of sulfonamides is 1. The summed E-state index contributed by atoms with van der Waals surface area (Å²) in [4.78, 5) is 0.348. The second kappa shape index (κ2) is 5.63. The maximum atomic E-state index is 12.8. The number of benzene rings is 2. The van der Waals surface area contributed by atoms with Crippen molar-refractivity contribution in [2.45, 2.75) is 23.7 Å². The van der Waals surface area contributed by atoms with Crippen LogP contribution in [0.1, 0.15) is 17.5 Å². The van der Waals surface area contributed by atoms with Gasteiger partial charge >= 0.3 is 0 Å². The molecule has 2 aliphatic rings. The molecule has 0 N–H and O–H groups in total. The van der Waals surface area contributed by atoms with Gasteiger partial charge in [-0.3, -0.25) is 4.31 Å². The minimum atomic E-state index is -3.48. The number of allylic oxidation sites excluding steroid dienone is 1. The van der Waals surface area contributed by atoms with Gasteiger partial charge in [0.05, 0.1) is 12.0 Å². The third-order valence-corrected chi connectivity index (χ3v) is 7.10. The summed E-state index contributed by atoms with van der Waals surface area (Å²) in [5.41, 5.74) is 2.25. The van der Waals surface area contributed by atoms with Gasteiger partial charge < -0.3 is 4.74 Å². The molecule has 1 saturated carbocycles. The van der Waals surface area contributed by atoms with Gasteiger partial charge in [0.2, 0.25) is 0 Å². The van der Waals surface area contributed by atoms with Crippen LogP contribution >= 0.6 is 0 Å². The molecule has 0 saturated heterocycles. The normalized spacial score (nSPS) is 24.7. The van der Waals surface area contributed by atoms with Crippen molar-refractivity contribution < 1.29 is 13.2 Å². The second-order valence-electron chi connectivity index (χ2n) is 6.87. The number of hydrogen-bond acceptors (Lipinski definition) is 3. The molecule has 4 nitrogen and oxygen atoms in total. The predicted molar refractivity (Wildman–Crippen MR) is 97.0 cm³/mol. The van der Waals surface area contributed by atoms with E-state index in [4.69, 9.17) is 4.74 Å². The molecule has 2 aromatic carbocycles. The highest BCUT2D eigenvalue weighted by Gasteiger charge is 2.56. The Hall–Kier alpha value is -2.27. The molecule has 2 atom stereocenters. The second-order valence-corrected chi connectivity index (χ2v) is 8.76. The molecule has 2 aromatic rings. The lowest BCUT2D eigenvalue weighted by Gasteiger charge is -2.27. The maximum absolute atomic E-state index is 12.8. The quantitative estimate of drug-likeness (QED) is 0.843. The van der Waals surface area contributed by atoms with Crippen LogP contribution in [0.3, 0.4) is 0 Å². The molecule has 1 aliphatic carbocycles. The van der Waals surface area contributed by atoms with E-state index < -0.39 is 10.0 Å². The predicted octanol–water partition coefficient (Wildman–Crippen LogP) is 3.48. The summed E-state index contributed by atoms with van der Waals surface area (Å²) in [6, 6.07) is 15.1. The number of aryl methyl sites for hydroxylation is 1. The largest absolute Gasteiger partial charge is 0.497 e. The fraction of sp³-hybridized carbons (Fsp3) is 0.300. The van der Waals surface area contributed by atoms with Gasteiger partial charge in [-0.25, -0.2) is 8.42 Å². The van der Waals surface area contributed by atoms with E-state index in [2.05, 4.69) is 18.2 Å². The first-order valence-corrected chi connectivity index (χ1v) is 9.82. The van der Waals surface area contributed by atoms with Gasteiger partial charge in [-0.15, -0.1) is 0 Å². The zero-order valence-electron chi connectivity index (χ0n) is 14.3. The maximum Gasteiger partial charge on any atom is 0.263 e. The van der Waals surface area contributed by atoms with E-state index >= 15 is 0 Å². The van der Waals surface area contributed by atoms with E-state index in [0.717, 1.165) is 17.7 Å². The lowest BCUT2D eigenvalue weighted by molar-refractivity contribution is 0.414. The van der Waals surface area contributed by atoms with E-state index in [9.17, 15) is 8.42 Å². The van der Waals surface area contributed by atoms with Crippen molar-refractivity contribution in [1.82, 2.24) is 4.31 Å². The number of rotatable bonds is 4. The van der Waals surface area contributed by atoms with Gasteiger partial charge in [0, 0.05) is 18.2 Å². The van der Waals surface area contributed by atoms with Gasteiger partial charge in [0.1, 0.15) is 5.75 Å². The first-order valence-electron chi connectivity index (χ1n) is 8.38. The molecule has 0 spiro atoms. The van der Waals surface area contributed by atoms with E-state index in [0.29, 0.717) is 17.4 Å². The van der Waals surface area contributed by atoms with E-state index in [-0.39, 0.29) is 5.41 Å². The molecule has 1 aliphatic heterocycles. The molecular formula is C20H21NO3S. The van der Waals surface area contributed by atoms with Crippen molar-refractivity contribution in [3.8, 4) is 5.75 Å². The number of hydrogen-bond donors (Lipinski definition) is 0. The van der Waals surface area contributed by atoms with Crippen LogP contribution in [0.15, 0.2) is 65.7 Å². The Balaban J connectivity index is 1.60. The molecule has 0 radical (unpaired) electrons. The highest BCUT2D eigenvalue weighted by Crippen LogP contribution is 2.58. The molecule has 1 fully saturated rings. The Bertz CT molecular complexity index is 916. The van der Waals surface area contributed by atoms with Crippen LogP contribution in [0.25, 0.3) is 0 Å². The monoisotopic (exact) mass is 355 g/mol. The Morgan fingerprint density at radius 2 is 1.76 bits per heavy atom. The molecule has 130 valence electrons. The van der Waals surface area contributed by atoms with Crippen LogP contribution in [0.2, 0.25) is 0 Å². The average Bonchev–Trinajstić information content (AvgIpc) is 3.37. The Kier molecular flexibility index (Phi) is 3.65. The van der Waals surface area contributed by atoms with E-state index in [1.807, 2.05) is 31.2 Å². The minimum Gasteiger partial charge on any atom is -0.497 e. The van der Waals surface area contributed by atoms with Crippen LogP contribution in [0.4, 0.5) is 0 Å². The van der Waals surface area contributed by atoms with Crippen LogP contribution in [-0.2, 0) is 15.4 Å². The third-order valence-electron chi connectivity index (χ3n) is 5.35. The van der Waals surface area contributed by atoms with Crippen molar-refractivity contribution in [3.05, 3.63) is 71.9 Å². The van der Waals surface area contributed by atoms with Gasteiger partial charge in [-0.2, -0.15) is 0 Å². The molecule has 4 rings (SSSR count). The van der Waals surface area contributed by atoms with Crippen molar-refractivity contribution in [2.75, 3.05) is 13.7 Å². The van der Waals surface area contributed by atoms with Gasteiger partial charge in [-0.1, -0.05) is 35.9 Å². The Morgan fingerprint density at radius 1 is 1.08 bits per heavy atom. The summed E-state index contributed by atoms with van der Waals surface area (Å²) in [6.45, 7) is 2.48. The van der Waals surface area contributed by atoms with Crippen molar-refractivity contribution >= 4 is 10.0 Å². The standard InChI is InChI=1S/C20H21NO3S/c1-15-3-9-19(10-4-15)25(22,23)21-12-11-20(13-17(20)14-21)16-5-7-18(24-2)8-6-16/h3-12,17H,13-14H2,1-2H3/t17-,20-/m1/s1. The summed E-state index contributed by atoms with van der Waals surface area (Å²) < 4.78 is 32.4. The summed E-state index contributed by atoms with van der Waals surface area (Å²) >= 11 is 0. The Morgan fingerprint density at radius 3 is 2.36 bits per heavy atom. The average molecular weight is 355 g/mol. The van der Waals surface area contributed by atoms with Crippen molar-refractivity contribution in [2.24, 2.45) is 5.92 Å². The molecule has 5 heteroatoms.